The van der Waals surface area contributed by atoms with Crippen LogP contribution >= 0.6 is 0 Å². The van der Waals surface area contributed by atoms with E-state index in [0.717, 1.165) is 31.4 Å². The molecule has 6 nitrogen and oxygen atoms in total. The summed E-state index contributed by atoms with van der Waals surface area (Å²) in [4.78, 5) is 15.5. The molecule has 2 rings (SSSR count). The summed E-state index contributed by atoms with van der Waals surface area (Å²) in [5, 5.41) is 33.0. The van der Waals surface area contributed by atoms with Gasteiger partial charge in [0, 0.05) is 11.8 Å². The van der Waals surface area contributed by atoms with Crippen LogP contribution < -0.4 is 0 Å². The van der Waals surface area contributed by atoms with E-state index in [9.17, 15) is 15.0 Å². The van der Waals surface area contributed by atoms with Gasteiger partial charge in [0.15, 0.2) is 0 Å². The summed E-state index contributed by atoms with van der Waals surface area (Å²) in [6.45, 7) is 2.24. The zero-order chi connectivity index (χ0) is 18.2. The SMILES string of the molecule is CCCCCCC(O)C=CC1C[C@@H]2C(=NOCCC(=O)O)C[C@H]2C1O. The van der Waals surface area contributed by atoms with Gasteiger partial charge in [-0.1, -0.05) is 49.9 Å². The summed E-state index contributed by atoms with van der Waals surface area (Å²) >= 11 is 0. The molecule has 3 unspecified atom stereocenters. The van der Waals surface area contributed by atoms with Crippen LogP contribution in [0, 0.1) is 17.8 Å². The first-order chi connectivity index (χ1) is 12.0. The first-order valence-corrected chi connectivity index (χ1v) is 9.47. The van der Waals surface area contributed by atoms with Crippen LogP contribution in [0.15, 0.2) is 17.3 Å². The maximum absolute atomic E-state index is 10.4. The van der Waals surface area contributed by atoms with Gasteiger partial charge in [0.25, 0.3) is 0 Å². The molecule has 0 radical (unpaired) electrons. The Balaban J connectivity index is 1.73. The molecule has 0 aromatic rings. The minimum absolute atomic E-state index is 0.0482. The van der Waals surface area contributed by atoms with Gasteiger partial charge in [0.1, 0.15) is 6.61 Å². The monoisotopic (exact) mass is 353 g/mol. The fraction of sp³-hybridized carbons (Fsp3) is 0.789. The van der Waals surface area contributed by atoms with Crippen molar-refractivity contribution in [2.24, 2.45) is 22.9 Å². The van der Waals surface area contributed by atoms with Crippen molar-refractivity contribution < 1.29 is 25.0 Å². The van der Waals surface area contributed by atoms with E-state index in [0.29, 0.717) is 6.42 Å². The highest BCUT2D eigenvalue weighted by Gasteiger charge is 2.51. The van der Waals surface area contributed by atoms with Gasteiger partial charge >= 0.3 is 5.97 Å². The molecule has 0 heterocycles. The number of aliphatic hydroxyl groups is 2. The number of aliphatic hydroxyl groups excluding tert-OH is 2. The lowest BCUT2D eigenvalue weighted by molar-refractivity contribution is -0.138. The standard InChI is InChI=1S/C19H31NO5/c1-2-3-4-5-6-14(21)8-7-13-11-15-16(19(13)24)12-17(15)20-25-10-9-18(22)23/h7-8,13-16,19,21,24H,2-6,9-12H2,1H3,(H,22,23)/t13?,14?,15-,16+,19?/m0/s1. The summed E-state index contributed by atoms with van der Waals surface area (Å²) in [6.07, 6.45) is 9.76. The third kappa shape index (κ3) is 5.82. The molecule has 6 heteroatoms. The molecule has 3 N–H and O–H groups in total. The van der Waals surface area contributed by atoms with Crippen LogP contribution in [0.2, 0.25) is 0 Å². The Morgan fingerprint density at radius 2 is 2.20 bits per heavy atom. The lowest BCUT2D eigenvalue weighted by Crippen LogP contribution is -2.38. The lowest BCUT2D eigenvalue weighted by atomic mass is 9.73. The Labute approximate surface area is 149 Å². The van der Waals surface area contributed by atoms with E-state index in [1.54, 1.807) is 0 Å². The number of carboxylic acids is 1. The zero-order valence-electron chi connectivity index (χ0n) is 15.0. The Morgan fingerprint density at radius 1 is 1.40 bits per heavy atom. The molecule has 0 aromatic heterocycles. The molecule has 0 aliphatic heterocycles. The number of carboxylic acid groups (broad SMARTS) is 1. The number of unbranched alkanes of at least 4 members (excludes halogenated alkanes) is 3. The molecule has 0 bridgehead atoms. The van der Waals surface area contributed by atoms with Crippen LogP contribution in [0.3, 0.4) is 0 Å². The van der Waals surface area contributed by atoms with E-state index in [4.69, 9.17) is 9.94 Å². The summed E-state index contributed by atoms with van der Waals surface area (Å²) in [5.74, 6) is -0.428. The average Bonchev–Trinajstić information content (AvgIpc) is 2.80. The van der Waals surface area contributed by atoms with Gasteiger partial charge in [-0.25, -0.2) is 0 Å². The van der Waals surface area contributed by atoms with Crippen LogP contribution in [-0.4, -0.2) is 45.8 Å². The third-order valence-electron chi connectivity index (χ3n) is 5.32. The molecule has 0 aromatic carbocycles. The van der Waals surface area contributed by atoms with Gasteiger partial charge in [-0.05, 0) is 25.2 Å². The Bertz CT molecular complexity index is 490. The van der Waals surface area contributed by atoms with Crippen LogP contribution in [0.1, 0.15) is 58.3 Å². The predicted octanol–water partition coefficient (Wildman–Crippen LogP) is 2.74. The van der Waals surface area contributed by atoms with E-state index in [2.05, 4.69) is 12.1 Å². The second-order valence-corrected chi connectivity index (χ2v) is 7.23. The van der Waals surface area contributed by atoms with Gasteiger partial charge < -0.3 is 20.2 Å². The van der Waals surface area contributed by atoms with Crippen LogP contribution in [0.25, 0.3) is 0 Å². The highest BCUT2D eigenvalue weighted by Crippen LogP contribution is 2.48. The third-order valence-corrected chi connectivity index (χ3v) is 5.32. The van der Waals surface area contributed by atoms with Crippen molar-refractivity contribution in [1.82, 2.24) is 0 Å². The van der Waals surface area contributed by atoms with E-state index in [-0.39, 0.29) is 30.8 Å². The number of oxime groups is 1. The van der Waals surface area contributed by atoms with Crippen molar-refractivity contribution in [2.75, 3.05) is 6.61 Å². The van der Waals surface area contributed by atoms with Crippen molar-refractivity contribution in [3.05, 3.63) is 12.2 Å². The summed E-state index contributed by atoms with van der Waals surface area (Å²) in [6, 6.07) is 0. The zero-order valence-corrected chi connectivity index (χ0v) is 15.0. The molecule has 2 aliphatic rings. The van der Waals surface area contributed by atoms with Crippen molar-refractivity contribution in [3.8, 4) is 0 Å². The first kappa shape index (κ1) is 19.9. The fourth-order valence-corrected chi connectivity index (χ4v) is 3.75. The second-order valence-electron chi connectivity index (χ2n) is 7.23. The number of aliphatic carboxylic acids is 1. The summed E-state index contributed by atoms with van der Waals surface area (Å²) in [7, 11) is 0. The summed E-state index contributed by atoms with van der Waals surface area (Å²) < 4.78 is 0. The number of carbonyl (C=O) groups is 1. The topological polar surface area (TPSA) is 99.4 Å². The van der Waals surface area contributed by atoms with Crippen LogP contribution in [0.4, 0.5) is 0 Å². The quantitative estimate of drug-likeness (QED) is 0.301. The number of nitrogens with zero attached hydrogens (tertiary/aromatic N) is 1. The molecule has 2 fully saturated rings. The molecular weight excluding hydrogens is 322 g/mol. The number of hydrogen-bond acceptors (Lipinski definition) is 5. The molecule has 0 spiro atoms. The highest BCUT2D eigenvalue weighted by molar-refractivity contribution is 5.93. The molecule has 0 saturated heterocycles. The maximum Gasteiger partial charge on any atom is 0.306 e. The number of rotatable bonds is 11. The van der Waals surface area contributed by atoms with Gasteiger partial charge in [0.2, 0.25) is 0 Å². The van der Waals surface area contributed by atoms with Crippen molar-refractivity contribution in [1.29, 1.82) is 0 Å². The minimum Gasteiger partial charge on any atom is -0.481 e. The van der Waals surface area contributed by atoms with Crippen molar-refractivity contribution >= 4 is 11.7 Å². The van der Waals surface area contributed by atoms with Crippen molar-refractivity contribution in [2.45, 2.75) is 70.5 Å². The Kier molecular flexibility index (Phi) is 7.90. The van der Waals surface area contributed by atoms with Gasteiger partial charge in [-0.2, -0.15) is 0 Å². The van der Waals surface area contributed by atoms with Crippen molar-refractivity contribution in [3.63, 3.8) is 0 Å². The maximum atomic E-state index is 10.4. The molecule has 142 valence electrons. The van der Waals surface area contributed by atoms with Gasteiger partial charge in [-0.3, -0.25) is 4.79 Å². The predicted molar refractivity (Wildman–Crippen MR) is 95.3 cm³/mol. The average molecular weight is 353 g/mol. The van der Waals surface area contributed by atoms with E-state index in [1.807, 2.05) is 12.2 Å². The smallest absolute Gasteiger partial charge is 0.306 e. The van der Waals surface area contributed by atoms with Gasteiger partial charge in [-0.15, -0.1) is 0 Å². The first-order valence-electron chi connectivity index (χ1n) is 9.47. The lowest BCUT2D eigenvalue weighted by Gasteiger charge is -2.33. The minimum atomic E-state index is -0.901. The second kappa shape index (κ2) is 9.92. The number of fused-ring (bicyclic) bond motifs is 1. The molecular formula is C19H31NO5. The molecule has 5 atom stereocenters. The molecule has 2 saturated carbocycles. The molecule has 2 aliphatic carbocycles. The Morgan fingerprint density at radius 3 is 2.92 bits per heavy atom. The van der Waals surface area contributed by atoms with Crippen LogP contribution in [-0.2, 0) is 9.63 Å². The van der Waals surface area contributed by atoms with Gasteiger partial charge in [0.05, 0.1) is 24.3 Å². The Hall–Kier alpha value is -1.40. The number of hydrogen-bond donors (Lipinski definition) is 3. The van der Waals surface area contributed by atoms with Crippen LogP contribution in [0.5, 0.6) is 0 Å². The fourth-order valence-electron chi connectivity index (χ4n) is 3.75. The summed E-state index contributed by atoms with van der Waals surface area (Å²) in [5.41, 5.74) is 0.922. The normalized spacial score (nSPS) is 31.1. The molecule has 0 amide bonds. The largest absolute Gasteiger partial charge is 0.481 e. The van der Waals surface area contributed by atoms with E-state index in [1.165, 1.54) is 12.8 Å². The van der Waals surface area contributed by atoms with E-state index < -0.39 is 18.2 Å². The van der Waals surface area contributed by atoms with E-state index >= 15 is 0 Å². The highest BCUT2D eigenvalue weighted by atomic mass is 16.6. The molecule has 25 heavy (non-hydrogen) atoms.